The average Bonchev–Trinajstić information content (AvgIpc) is 2.73. The normalized spacial score (nSPS) is 10.5. The molecule has 0 aliphatic heterocycles. The summed E-state index contributed by atoms with van der Waals surface area (Å²) >= 11 is 12.0. The van der Waals surface area contributed by atoms with E-state index in [0.717, 1.165) is 0 Å². The lowest BCUT2D eigenvalue weighted by atomic mass is 10.1. The molecular formula is C22H18Cl2N2O3. The van der Waals surface area contributed by atoms with E-state index in [1.807, 2.05) is 0 Å². The molecule has 3 rings (SSSR count). The van der Waals surface area contributed by atoms with Gasteiger partial charge in [0.1, 0.15) is 11.9 Å². The molecule has 3 aromatic rings. The fraction of sp³-hybridized carbons (Fsp3) is 0.0909. The summed E-state index contributed by atoms with van der Waals surface area (Å²) in [6.07, 6.45) is -0.779. The zero-order valence-electron chi connectivity index (χ0n) is 15.5. The fourth-order valence-electron chi connectivity index (χ4n) is 2.69. The number of hydrogen-bond donors (Lipinski definition) is 2. The number of carbonyl (C=O) groups excluding carboxylic acids is 2. The number of methoxy groups -OCH3 is 1. The summed E-state index contributed by atoms with van der Waals surface area (Å²) < 4.78 is 5.17. The van der Waals surface area contributed by atoms with Crippen LogP contribution in [0.15, 0.2) is 72.8 Å². The number of benzene rings is 3. The van der Waals surface area contributed by atoms with Gasteiger partial charge in [0.05, 0.1) is 7.11 Å². The summed E-state index contributed by atoms with van der Waals surface area (Å²) in [4.78, 5) is 25.4. The van der Waals surface area contributed by atoms with Gasteiger partial charge in [-0.3, -0.25) is 9.59 Å². The monoisotopic (exact) mass is 428 g/mol. The van der Waals surface area contributed by atoms with E-state index < -0.39 is 6.17 Å². The van der Waals surface area contributed by atoms with Crippen molar-refractivity contribution >= 4 is 35.0 Å². The Labute approximate surface area is 178 Å². The Morgan fingerprint density at radius 1 is 0.793 bits per heavy atom. The van der Waals surface area contributed by atoms with Crippen molar-refractivity contribution in [3.63, 3.8) is 0 Å². The minimum absolute atomic E-state index is 0.375. The molecule has 0 saturated carbocycles. The molecule has 29 heavy (non-hydrogen) atoms. The van der Waals surface area contributed by atoms with Gasteiger partial charge in [0, 0.05) is 21.2 Å². The predicted molar refractivity (Wildman–Crippen MR) is 114 cm³/mol. The SMILES string of the molecule is COc1ccc(C(NC(=O)c2cccc(Cl)c2)NC(=O)c2cccc(Cl)c2)cc1. The molecule has 2 N–H and O–H groups in total. The zero-order chi connectivity index (χ0) is 20.8. The zero-order valence-corrected chi connectivity index (χ0v) is 17.0. The van der Waals surface area contributed by atoms with Crippen LogP contribution in [0.25, 0.3) is 0 Å². The number of nitrogens with one attached hydrogen (secondary N) is 2. The maximum Gasteiger partial charge on any atom is 0.253 e. The van der Waals surface area contributed by atoms with E-state index in [4.69, 9.17) is 27.9 Å². The van der Waals surface area contributed by atoms with E-state index in [0.29, 0.717) is 32.5 Å². The van der Waals surface area contributed by atoms with Crippen molar-refractivity contribution in [1.29, 1.82) is 0 Å². The number of ether oxygens (including phenoxy) is 1. The number of amides is 2. The van der Waals surface area contributed by atoms with Gasteiger partial charge in [0.25, 0.3) is 11.8 Å². The largest absolute Gasteiger partial charge is 0.497 e. The summed E-state index contributed by atoms with van der Waals surface area (Å²) in [5.41, 5.74) is 1.44. The second kappa shape index (κ2) is 9.45. The smallest absolute Gasteiger partial charge is 0.253 e. The molecule has 0 aliphatic carbocycles. The lowest BCUT2D eigenvalue weighted by molar-refractivity contribution is 0.0883. The second-order valence-electron chi connectivity index (χ2n) is 6.17. The summed E-state index contributed by atoms with van der Waals surface area (Å²) in [6.45, 7) is 0. The van der Waals surface area contributed by atoms with Gasteiger partial charge in [-0.05, 0) is 54.1 Å². The molecular weight excluding hydrogens is 411 g/mol. The Balaban J connectivity index is 1.86. The molecule has 0 atom stereocenters. The van der Waals surface area contributed by atoms with Crippen molar-refractivity contribution in [2.24, 2.45) is 0 Å². The van der Waals surface area contributed by atoms with Crippen LogP contribution in [-0.4, -0.2) is 18.9 Å². The third-order valence-corrected chi connectivity index (χ3v) is 4.64. The summed E-state index contributed by atoms with van der Waals surface area (Å²) in [5.74, 6) is -0.0886. The van der Waals surface area contributed by atoms with Crippen molar-refractivity contribution in [1.82, 2.24) is 10.6 Å². The number of rotatable bonds is 6. The summed E-state index contributed by atoms with van der Waals surface area (Å²) in [7, 11) is 1.56. The molecule has 148 valence electrons. The summed E-state index contributed by atoms with van der Waals surface area (Å²) in [5, 5.41) is 6.54. The van der Waals surface area contributed by atoms with Crippen LogP contribution in [0.5, 0.6) is 5.75 Å². The number of carbonyl (C=O) groups is 2. The second-order valence-corrected chi connectivity index (χ2v) is 7.05. The average molecular weight is 429 g/mol. The Morgan fingerprint density at radius 2 is 1.28 bits per heavy atom. The predicted octanol–water partition coefficient (Wildman–Crippen LogP) is 4.86. The Hall–Kier alpha value is -3.02. The van der Waals surface area contributed by atoms with Crippen LogP contribution in [-0.2, 0) is 0 Å². The van der Waals surface area contributed by atoms with Crippen LogP contribution in [0.3, 0.4) is 0 Å². The molecule has 0 saturated heterocycles. The van der Waals surface area contributed by atoms with Crippen LogP contribution in [0, 0.1) is 0 Å². The van der Waals surface area contributed by atoms with Gasteiger partial charge in [0.2, 0.25) is 0 Å². The van der Waals surface area contributed by atoms with Crippen molar-refractivity contribution in [3.05, 3.63) is 99.5 Å². The van der Waals surface area contributed by atoms with Crippen LogP contribution >= 0.6 is 23.2 Å². The van der Waals surface area contributed by atoms with Gasteiger partial charge in [-0.25, -0.2) is 0 Å². The lowest BCUT2D eigenvalue weighted by Crippen LogP contribution is -2.41. The molecule has 0 heterocycles. The topological polar surface area (TPSA) is 67.4 Å². The van der Waals surface area contributed by atoms with Gasteiger partial charge >= 0.3 is 0 Å². The standard InChI is InChI=1S/C22H18Cl2N2O3/c1-29-19-10-8-14(9-11-19)20(25-21(27)15-4-2-6-17(23)12-15)26-22(28)16-5-3-7-18(24)13-16/h2-13,20H,1H3,(H,25,27)(H,26,28). The van der Waals surface area contributed by atoms with E-state index in [1.165, 1.54) is 0 Å². The van der Waals surface area contributed by atoms with E-state index in [1.54, 1.807) is 79.9 Å². The van der Waals surface area contributed by atoms with Gasteiger partial charge < -0.3 is 15.4 Å². The molecule has 0 aromatic heterocycles. The third kappa shape index (κ3) is 5.50. The van der Waals surface area contributed by atoms with Crippen LogP contribution in [0.1, 0.15) is 32.4 Å². The fourth-order valence-corrected chi connectivity index (χ4v) is 3.07. The highest BCUT2D eigenvalue weighted by atomic mass is 35.5. The first kappa shape index (κ1) is 20.7. The first-order valence-corrected chi connectivity index (χ1v) is 9.48. The van der Waals surface area contributed by atoms with Gasteiger partial charge in [-0.2, -0.15) is 0 Å². The minimum atomic E-state index is -0.779. The van der Waals surface area contributed by atoms with Crippen molar-refractivity contribution in [2.45, 2.75) is 6.17 Å². The molecule has 0 spiro atoms. The first-order chi connectivity index (χ1) is 14.0. The molecule has 0 aliphatic rings. The molecule has 5 nitrogen and oxygen atoms in total. The number of hydrogen-bond acceptors (Lipinski definition) is 3. The van der Waals surface area contributed by atoms with Crippen molar-refractivity contribution in [2.75, 3.05) is 7.11 Å². The number of halogens is 2. The van der Waals surface area contributed by atoms with Crippen molar-refractivity contribution < 1.29 is 14.3 Å². The van der Waals surface area contributed by atoms with E-state index in [-0.39, 0.29) is 11.8 Å². The molecule has 0 fully saturated rings. The minimum Gasteiger partial charge on any atom is -0.497 e. The van der Waals surface area contributed by atoms with Gasteiger partial charge in [-0.15, -0.1) is 0 Å². The van der Waals surface area contributed by atoms with Gasteiger partial charge in [0.15, 0.2) is 0 Å². The molecule has 0 bridgehead atoms. The van der Waals surface area contributed by atoms with E-state index >= 15 is 0 Å². The quantitative estimate of drug-likeness (QED) is 0.550. The molecule has 7 heteroatoms. The highest BCUT2D eigenvalue weighted by Gasteiger charge is 2.19. The summed E-state index contributed by atoms with van der Waals surface area (Å²) in [6, 6.07) is 20.2. The van der Waals surface area contributed by atoms with Crippen LogP contribution < -0.4 is 15.4 Å². The van der Waals surface area contributed by atoms with E-state index in [2.05, 4.69) is 10.6 Å². The van der Waals surface area contributed by atoms with Crippen LogP contribution in [0.4, 0.5) is 0 Å². The molecule has 0 radical (unpaired) electrons. The van der Waals surface area contributed by atoms with Gasteiger partial charge in [-0.1, -0.05) is 47.5 Å². The Morgan fingerprint density at radius 3 is 1.69 bits per heavy atom. The highest BCUT2D eigenvalue weighted by molar-refractivity contribution is 6.31. The first-order valence-electron chi connectivity index (χ1n) is 8.73. The maximum atomic E-state index is 12.7. The Bertz CT molecular complexity index is 963. The maximum absolute atomic E-state index is 12.7. The lowest BCUT2D eigenvalue weighted by Gasteiger charge is -2.21. The molecule has 0 unspecified atom stereocenters. The van der Waals surface area contributed by atoms with Crippen molar-refractivity contribution in [3.8, 4) is 5.75 Å². The Kier molecular flexibility index (Phi) is 6.75. The third-order valence-electron chi connectivity index (χ3n) is 4.17. The molecule has 2 amide bonds. The highest BCUT2D eigenvalue weighted by Crippen LogP contribution is 2.19. The van der Waals surface area contributed by atoms with E-state index in [9.17, 15) is 9.59 Å². The molecule has 3 aromatic carbocycles. The van der Waals surface area contributed by atoms with Crippen LogP contribution in [0.2, 0.25) is 10.0 Å².